The fourth-order valence-corrected chi connectivity index (χ4v) is 3.85. The molecule has 1 saturated carbocycles. The van der Waals surface area contributed by atoms with E-state index in [0.717, 1.165) is 4.70 Å². The van der Waals surface area contributed by atoms with Crippen LogP contribution in [0.15, 0.2) is 24.3 Å². The first kappa shape index (κ1) is 15.9. The van der Waals surface area contributed by atoms with Crippen LogP contribution in [0.4, 0.5) is 8.78 Å². The Morgan fingerprint density at radius 1 is 1.35 bits per heavy atom. The molecule has 1 aromatic heterocycles. The summed E-state index contributed by atoms with van der Waals surface area (Å²) in [5, 5.41) is 12.4. The number of rotatable bonds is 5. The molecule has 2 aromatic rings. The van der Waals surface area contributed by atoms with Gasteiger partial charge in [0.15, 0.2) is 0 Å². The van der Waals surface area contributed by atoms with Gasteiger partial charge in [0.2, 0.25) is 6.43 Å². The van der Waals surface area contributed by atoms with Crippen molar-refractivity contribution in [2.75, 3.05) is 6.54 Å². The molecule has 0 spiro atoms. The van der Waals surface area contributed by atoms with Gasteiger partial charge in [0.25, 0.3) is 5.91 Å². The lowest BCUT2D eigenvalue weighted by atomic mass is 9.75. The molecule has 0 bridgehead atoms. The van der Waals surface area contributed by atoms with Gasteiger partial charge in [-0.05, 0) is 37.0 Å². The van der Waals surface area contributed by atoms with Crippen LogP contribution in [0.25, 0.3) is 10.1 Å². The Morgan fingerprint density at radius 2 is 2.09 bits per heavy atom. The van der Waals surface area contributed by atoms with Gasteiger partial charge in [-0.1, -0.05) is 6.07 Å². The monoisotopic (exact) mass is 339 g/mol. The van der Waals surface area contributed by atoms with Gasteiger partial charge in [-0.25, -0.2) is 13.6 Å². The largest absolute Gasteiger partial charge is 0.478 e. The second kappa shape index (κ2) is 6.23. The highest BCUT2D eigenvalue weighted by Crippen LogP contribution is 2.37. The van der Waals surface area contributed by atoms with Crippen LogP contribution in [0.2, 0.25) is 0 Å². The fourth-order valence-electron chi connectivity index (χ4n) is 2.84. The normalized spacial score (nSPS) is 20.5. The van der Waals surface area contributed by atoms with Gasteiger partial charge in [0, 0.05) is 22.5 Å². The summed E-state index contributed by atoms with van der Waals surface area (Å²) < 4.78 is 25.5. The van der Waals surface area contributed by atoms with Gasteiger partial charge in [-0.15, -0.1) is 11.3 Å². The lowest BCUT2D eigenvalue weighted by Gasteiger charge is -2.34. The molecule has 3 rings (SSSR count). The maximum atomic E-state index is 12.4. The maximum Gasteiger partial charge on any atom is 0.336 e. The second-order valence-corrected chi connectivity index (χ2v) is 6.86. The first-order chi connectivity index (χ1) is 11.0. The number of alkyl halides is 2. The van der Waals surface area contributed by atoms with Crippen molar-refractivity contribution in [2.24, 2.45) is 11.8 Å². The molecule has 1 aromatic carbocycles. The molecule has 0 saturated heterocycles. The lowest BCUT2D eigenvalue weighted by Crippen LogP contribution is -2.38. The number of hydrogen-bond donors (Lipinski definition) is 2. The molecule has 1 aliphatic rings. The number of carbonyl (C=O) groups excluding carboxylic acids is 1. The molecule has 1 fully saturated rings. The van der Waals surface area contributed by atoms with E-state index >= 15 is 0 Å². The van der Waals surface area contributed by atoms with E-state index in [-0.39, 0.29) is 17.4 Å². The number of carboxylic acids is 1. The first-order valence-corrected chi connectivity index (χ1v) is 8.09. The fraction of sp³-hybridized carbons (Fsp3) is 0.375. The number of halogens is 2. The van der Waals surface area contributed by atoms with Crippen LogP contribution in [0.5, 0.6) is 0 Å². The molecule has 1 heterocycles. The minimum atomic E-state index is -2.28. The van der Waals surface area contributed by atoms with E-state index in [1.807, 2.05) is 0 Å². The van der Waals surface area contributed by atoms with E-state index in [1.165, 1.54) is 17.4 Å². The molecule has 2 N–H and O–H groups in total. The number of nitrogens with one attached hydrogen (secondary N) is 1. The van der Waals surface area contributed by atoms with Crippen molar-refractivity contribution in [1.82, 2.24) is 5.32 Å². The Balaban J connectivity index is 1.65. The third-order valence-corrected chi connectivity index (χ3v) is 5.29. The predicted octanol–water partition coefficient (Wildman–Crippen LogP) is 3.62. The molecule has 122 valence electrons. The van der Waals surface area contributed by atoms with Crippen molar-refractivity contribution < 1.29 is 23.5 Å². The molecule has 7 heteroatoms. The standard InChI is InChI=1S/C16H15F2NO3S/c17-14(18)9-4-8(5-9)7-19-15(20)13-6-11-10(16(21)22)2-1-3-12(11)23-13/h1-3,6,8-9,14H,4-5,7H2,(H,19,20)(H,21,22). The molecule has 0 radical (unpaired) electrons. The molecule has 1 amide bonds. The van der Waals surface area contributed by atoms with Crippen molar-refractivity contribution in [3.63, 3.8) is 0 Å². The third kappa shape index (κ3) is 3.19. The summed E-state index contributed by atoms with van der Waals surface area (Å²) in [5.41, 5.74) is 0.163. The van der Waals surface area contributed by atoms with E-state index in [0.29, 0.717) is 29.6 Å². The van der Waals surface area contributed by atoms with Gasteiger partial charge >= 0.3 is 5.97 Å². The highest BCUT2D eigenvalue weighted by atomic mass is 32.1. The van der Waals surface area contributed by atoms with Crippen LogP contribution < -0.4 is 5.32 Å². The van der Waals surface area contributed by atoms with Crippen molar-refractivity contribution in [3.8, 4) is 0 Å². The number of carbonyl (C=O) groups is 2. The van der Waals surface area contributed by atoms with Crippen LogP contribution in [-0.2, 0) is 0 Å². The number of thiophene rings is 1. The van der Waals surface area contributed by atoms with Crippen LogP contribution in [0, 0.1) is 11.8 Å². The number of amides is 1. The summed E-state index contributed by atoms with van der Waals surface area (Å²) in [5.74, 6) is -1.77. The average Bonchev–Trinajstić information content (AvgIpc) is 2.88. The SMILES string of the molecule is O=C(NCC1CC(C(F)F)C1)c1cc2c(C(=O)O)cccc2s1. The Hall–Kier alpha value is -2.02. The minimum absolute atomic E-state index is 0.0990. The van der Waals surface area contributed by atoms with Crippen LogP contribution in [-0.4, -0.2) is 30.0 Å². The number of carboxylic acid groups (broad SMARTS) is 1. The van der Waals surface area contributed by atoms with Gasteiger partial charge in [0.1, 0.15) is 0 Å². The van der Waals surface area contributed by atoms with Crippen molar-refractivity contribution >= 4 is 33.3 Å². The van der Waals surface area contributed by atoms with E-state index < -0.39 is 18.3 Å². The summed E-state index contributed by atoms with van der Waals surface area (Å²) in [4.78, 5) is 23.8. The number of hydrogen-bond acceptors (Lipinski definition) is 3. The summed E-state index contributed by atoms with van der Waals surface area (Å²) >= 11 is 1.22. The van der Waals surface area contributed by atoms with Crippen LogP contribution >= 0.6 is 11.3 Å². The Labute approximate surface area is 135 Å². The molecule has 23 heavy (non-hydrogen) atoms. The van der Waals surface area contributed by atoms with Crippen LogP contribution in [0.1, 0.15) is 32.9 Å². The zero-order valence-electron chi connectivity index (χ0n) is 12.1. The summed E-state index contributed by atoms with van der Waals surface area (Å²) in [7, 11) is 0. The predicted molar refractivity (Wildman–Crippen MR) is 83.3 cm³/mol. The third-order valence-electron chi connectivity index (χ3n) is 4.20. The van der Waals surface area contributed by atoms with Gasteiger partial charge in [-0.2, -0.15) is 0 Å². The highest BCUT2D eigenvalue weighted by Gasteiger charge is 2.35. The Morgan fingerprint density at radius 3 is 2.74 bits per heavy atom. The highest BCUT2D eigenvalue weighted by molar-refractivity contribution is 7.20. The zero-order chi connectivity index (χ0) is 16.6. The van der Waals surface area contributed by atoms with E-state index in [2.05, 4.69) is 5.32 Å². The smallest absolute Gasteiger partial charge is 0.336 e. The van der Waals surface area contributed by atoms with E-state index in [1.54, 1.807) is 18.2 Å². The topological polar surface area (TPSA) is 66.4 Å². The number of fused-ring (bicyclic) bond motifs is 1. The summed E-state index contributed by atoms with van der Waals surface area (Å²) in [6.07, 6.45) is -1.40. The van der Waals surface area contributed by atoms with Gasteiger partial charge < -0.3 is 10.4 Å². The minimum Gasteiger partial charge on any atom is -0.478 e. The molecule has 0 aliphatic heterocycles. The summed E-state index contributed by atoms with van der Waals surface area (Å²) in [6, 6.07) is 6.48. The number of benzene rings is 1. The second-order valence-electron chi connectivity index (χ2n) is 5.78. The van der Waals surface area contributed by atoms with Crippen molar-refractivity contribution in [3.05, 3.63) is 34.7 Å². The summed E-state index contributed by atoms with van der Waals surface area (Å²) in [6.45, 7) is 0.377. The Bertz CT molecular complexity index is 753. The lowest BCUT2D eigenvalue weighted by molar-refractivity contribution is 0.00331. The average molecular weight is 339 g/mol. The zero-order valence-corrected chi connectivity index (χ0v) is 12.9. The molecule has 0 atom stereocenters. The molecule has 0 unspecified atom stereocenters. The molecular weight excluding hydrogens is 324 g/mol. The van der Waals surface area contributed by atoms with Crippen molar-refractivity contribution in [2.45, 2.75) is 19.3 Å². The van der Waals surface area contributed by atoms with E-state index in [9.17, 15) is 18.4 Å². The quantitative estimate of drug-likeness (QED) is 0.874. The molecule has 1 aliphatic carbocycles. The van der Waals surface area contributed by atoms with Gasteiger partial charge in [0.05, 0.1) is 10.4 Å². The number of aromatic carboxylic acids is 1. The first-order valence-electron chi connectivity index (χ1n) is 7.28. The molecular formula is C16H15F2NO3S. The molecule has 4 nitrogen and oxygen atoms in total. The van der Waals surface area contributed by atoms with E-state index in [4.69, 9.17) is 5.11 Å². The Kier molecular flexibility index (Phi) is 4.30. The van der Waals surface area contributed by atoms with Gasteiger partial charge in [-0.3, -0.25) is 4.79 Å². The van der Waals surface area contributed by atoms with Crippen molar-refractivity contribution in [1.29, 1.82) is 0 Å². The maximum absolute atomic E-state index is 12.4. The van der Waals surface area contributed by atoms with Crippen LogP contribution in [0.3, 0.4) is 0 Å².